The molecule has 0 bridgehead atoms. The molecule has 1 unspecified atom stereocenters. The van der Waals surface area contributed by atoms with Gasteiger partial charge in [-0.05, 0) is 38.5 Å². The smallest absolute Gasteiger partial charge is 0.237 e. The van der Waals surface area contributed by atoms with Gasteiger partial charge in [-0.1, -0.05) is 11.8 Å². The maximum absolute atomic E-state index is 13.7. The van der Waals surface area contributed by atoms with Gasteiger partial charge in [0.15, 0.2) is 5.16 Å². The van der Waals surface area contributed by atoms with Crippen LogP contribution in [0.4, 0.5) is 20.3 Å². The number of aromatic nitrogens is 2. The van der Waals surface area contributed by atoms with Gasteiger partial charge in [0.2, 0.25) is 5.91 Å². The molecule has 2 aromatic heterocycles. The van der Waals surface area contributed by atoms with Crippen LogP contribution in [0.1, 0.15) is 17.4 Å². The van der Waals surface area contributed by atoms with Gasteiger partial charge in [0, 0.05) is 10.9 Å². The lowest BCUT2D eigenvalue weighted by Gasteiger charge is -2.12. The van der Waals surface area contributed by atoms with Gasteiger partial charge in [-0.15, -0.1) is 11.3 Å². The number of nitrogens with one attached hydrogen (secondary N) is 1. The van der Waals surface area contributed by atoms with E-state index in [1.54, 1.807) is 6.92 Å². The van der Waals surface area contributed by atoms with Crippen LogP contribution < -0.4 is 11.1 Å². The van der Waals surface area contributed by atoms with Crippen LogP contribution in [0.3, 0.4) is 0 Å². The van der Waals surface area contributed by atoms with Crippen molar-refractivity contribution in [2.75, 3.05) is 11.1 Å². The number of rotatable bonds is 4. The summed E-state index contributed by atoms with van der Waals surface area (Å²) in [4.78, 5) is 22.9. The summed E-state index contributed by atoms with van der Waals surface area (Å²) in [6.07, 6.45) is 0. The number of carbonyl (C=O) groups is 1. The third kappa shape index (κ3) is 3.63. The Morgan fingerprint density at radius 1 is 1.31 bits per heavy atom. The second-order valence-corrected chi connectivity index (χ2v) is 8.24. The number of aryl methyl sites for hydroxylation is 2. The first kappa shape index (κ1) is 18.5. The van der Waals surface area contributed by atoms with E-state index in [9.17, 15) is 13.6 Å². The monoisotopic (exact) mass is 394 g/mol. The number of thiophene rings is 1. The molecule has 0 aliphatic rings. The zero-order chi connectivity index (χ0) is 19.0. The molecule has 3 rings (SSSR count). The lowest BCUT2D eigenvalue weighted by Crippen LogP contribution is -2.23. The average molecular weight is 394 g/mol. The van der Waals surface area contributed by atoms with Crippen LogP contribution in [0, 0.1) is 25.5 Å². The minimum absolute atomic E-state index is 0.206. The molecule has 0 radical (unpaired) electrons. The van der Waals surface area contributed by atoms with Crippen LogP contribution in [-0.2, 0) is 4.79 Å². The number of nitrogens with zero attached hydrogens (tertiary/aromatic N) is 2. The molecule has 0 fully saturated rings. The van der Waals surface area contributed by atoms with Gasteiger partial charge in [-0.3, -0.25) is 4.79 Å². The number of benzene rings is 1. The van der Waals surface area contributed by atoms with Crippen LogP contribution in [0.2, 0.25) is 0 Å². The number of halogens is 2. The predicted molar refractivity (Wildman–Crippen MR) is 102 cm³/mol. The molecule has 1 atom stereocenters. The topological polar surface area (TPSA) is 80.9 Å². The van der Waals surface area contributed by atoms with Crippen LogP contribution in [0.15, 0.2) is 23.4 Å². The summed E-state index contributed by atoms with van der Waals surface area (Å²) < 4.78 is 26.9. The minimum atomic E-state index is -0.705. The number of fused-ring (bicyclic) bond motifs is 1. The van der Waals surface area contributed by atoms with Crippen molar-refractivity contribution >= 4 is 50.7 Å². The summed E-state index contributed by atoms with van der Waals surface area (Å²) >= 11 is 2.61. The first-order valence-corrected chi connectivity index (χ1v) is 9.41. The van der Waals surface area contributed by atoms with Gasteiger partial charge in [-0.25, -0.2) is 18.7 Å². The Labute approximate surface area is 157 Å². The molecule has 26 heavy (non-hydrogen) atoms. The number of thioether (sulfide) groups is 1. The highest BCUT2D eigenvalue weighted by Gasteiger charge is 2.20. The molecule has 3 N–H and O–H groups in total. The molecule has 2 heterocycles. The van der Waals surface area contributed by atoms with Crippen molar-refractivity contribution < 1.29 is 13.6 Å². The quantitative estimate of drug-likeness (QED) is 0.510. The highest BCUT2D eigenvalue weighted by molar-refractivity contribution is 8.00. The molecule has 0 aliphatic carbocycles. The highest BCUT2D eigenvalue weighted by Crippen LogP contribution is 2.34. The van der Waals surface area contributed by atoms with Gasteiger partial charge in [-0.2, -0.15) is 0 Å². The number of nitrogens with two attached hydrogens (primary N) is 1. The molecular weight excluding hydrogens is 378 g/mol. The first-order valence-electron chi connectivity index (χ1n) is 7.72. The van der Waals surface area contributed by atoms with E-state index < -0.39 is 22.8 Å². The average Bonchev–Trinajstić information content (AvgIpc) is 2.85. The Morgan fingerprint density at radius 2 is 2.04 bits per heavy atom. The fraction of sp³-hybridized carbons (Fsp3) is 0.235. The SMILES string of the molecule is Cc1sc2nc(SC(C)C(=O)Nc3cc(F)ccc3F)nc(N)c2c1C. The molecule has 3 aromatic rings. The van der Waals surface area contributed by atoms with Crippen LogP contribution in [-0.4, -0.2) is 21.1 Å². The maximum Gasteiger partial charge on any atom is 0.237 e. The molecule has 0 spiro atoms. The Morgan fingerprint density at radius 3 is 2.77 bits per heavy atom. The summed E-state index contributed by atoms with van der Waals surface area (Å²) in [5.41, 5.74) is 6.88. The van der Waals surface area contributed by atoms with E-state index in [1.807, 2.05) is 13.8 Å². The fourth-order valence-electron chi connectivity index (χ4n) is 2.35. The van der Waals surface area contributed by atoms with Gasteiger partial charge in [0.1, 0.15) is 22.3 Å². The summed E-state index contributed by atoms with van der Waals surface area (Å²) in [5, 5.41) is 2.94. The van der Waals surface area contributed by atoms with E-state index >= 15 is 0 Å². The lowest BCUT2D eigenvalue weighted by atomic mass is 10.2. The van der Waals surface area contributed by atoms with Crippen molar-refractivity contribution in [3.63, 3.8) is 0 Å². The van der Waals surface area contributed by atoms with E-state index in [-0.39, 0.29) is 5.69 Å². The van der Waals surface area contributed by atoms with Crippen LogP contribution in [0.5, 0.6) is 0 Å². The van der Waals surface area contributed by atoms with Crippen molar-refractivity contribution in [1.82, 2.24) is 9.97 Å². The largest absolute Gasteiger partial charge is 0.383 e. The van der Waals surface area contributed by atoms with Crippen molar-refractivity contribution in [3.05, 3.63) is 40.3 Å². The Hall–Kier alpha value is -2.26. The van der Waals surface area contributed by atoms with Crippen molar-refractivity contribution in [3.8, 4) is 0 Å². The molecular formula is C17H16F2N4OS2. The summed E-state index contributed by atoms with van der Waals surface area (Å²) in [5.74, 6) is -1.46. The van der Waals surface area contributed by atoms with Gasteiger partial charge in [0.05, 0.1) is 16.3 Å². The molecule has 5 nitrogen and oxygen atoms in total. The molecule has 9 heteroatoms. The van der Waals surface area contributed by atoms with Gasteiger partial charge < -0.3 is 11.1 Å². The van der Waals surface area contributed by atoms with E-state index in [2.05, 4.69) is 15.3 Å². The summed E-state index contributed by atoms with van der Waals surface area (Å²) in [7, 11) is 0. The van der Waals surface area contributed by atoms with Crippen molar-refractivity contribution in [1.29, 1.82) is 0 Å². The molecule has 0 aliphatic heterocycles. The minimum Gasteiger partial charge on any atom is -0.383 e. The Balaban J connectivity index is 1.79. The van der Waals surface area contributed by atoms with E-state index in [4.69, 9.17) is 5.73 Å². The number of anilines is 2. The number of amides is 1. The van der Waals surface area contributed by atoms with Crippen LogP contribution in [0.25, 0.3) is 10.2 Å². The number of hydrogen-bond acceptors (Lipinski definition) is 6. The Kier molecular flexibility index (Phi) is 5.10. The summed E-state index contributed by atoms with van der Waals surface area (Å²) in [6.45, 7) is 5.58. The molecule has 0 saturated carbocycles. The fourth-order valence-corrected chi connectivity index (χ4v) is 4.22. The van der Waals surface area contributed by atoms with E-state index in [0.717, 1.165) is 50.6 Å². The molecule has 136 valence electrons. The van der Waals surface area contributed by atoms with Crippen molar-refractivity contribution in [2.24, 2.45) is 0 Å². The zero-order valence-electron chi connectivity index (χ0n) is 14.3. The second-order valence-electron chi connectivity index (χ2n) is 5.73. The van der Waals surface area contributed by atoms with Gasteiger partial charge in [0.25, 0.3) is 0 Å². The van der Waals surface area contributed by atoms with E-state index in [1.165, 1.54) is 11.3 Å². The third-order valence-corrected chi connectivity index (χ3v) is 5.94. The summed E-state index contributed by atoms with van der Waals surface area (Å²) in [6, 6.07) is 2.88. The maximum atomic E-state index is 13.7. The van der Waals surface area contributed by atoms with Crippen LogP contribution >= 0.6 is 23.1 Å². The number of carbonyl (C=O) groups excluding carboxylic acids is 1. The zero-order valence-corrected chi connectivity index (χ0v) is 15.9. The number of nitrogen functional groups attached to an aromatic ring is 1. The normalized spacial score (nSPS) is 12.3. The number of hydrogen-bond donors (Lipinski definition) is 2. The van der Waals surface area contributed by atoms with Gasteiger partial charge >= 0.3 is 0 Å². The molecule has 1 aromatic carbocycles. The second kappa shape index (κ2) is 7.16. The highest BCUT2D eigenvalue weighted by atomic mass is 32.2. The van der Waals surface area contributed by atoms with E-state index in [0.29, 0.717) is 11.0 Å². The Bertz CT molecular complexity index is 1010. The molecule has 1 amide bonds. The standard InChI is InChI=1S/C17H16F2N4OS2/c1-7-8(2)25-16-13(7)14(20)22-17(23-16)26-9(3)15(24)21-12-6-10(18)4-5-11(12)19/h4-6,9H,1-3H3,(H,21,24)(H2,20,22,23). The third-order valence-electron chi connectivity index (χ3n) is 3.87. The molecule has 0 saturated heterocycles. The lowest BCUT2D eigenvalue weighted by molar-refractivity contribution is -0.115. The predicted octanol–water partition coefficient (Wildman–Crippen LogP) is 4.29. The first-order chi connectivity index (χ1) is 12.3. The van der Waals surface area contributed by atoms with Crippen molar-refractivity contribution in [2.45, 2.75) is 31.2 Å².